The van der Waals surface area contributed by atoms with Gasteiger partial charge in [0, 0.05) is 0 Å². The fourth-order valence-corrected chi connectivity index (χ4v) is 2.33. The van der Waals surface area contributed by atoms with Crippen molar-refractivity contribution in [1.29, 1.82) is 0 Å². The summed E-state index contributed by atoms with van der Waals surface area (Å²) in [5, 5.41) is 4.04. The van der Waals surface area contributed by atoms with E-state index in [9.17, 15) is 9.59 Å². The Labute approximate surface area is 150 Å². The number of rotatable bonds is 6. The van der Waals surface area contributed by atoms with Gasteiger partial charge in [-0.2, -0.15) is 5.10 Å². The van der Waals surface area contributed by atoms with Crippen LogP contribution in [0.1, 0.15) is 31.8 Å². The Bertz CT molecular complexity index is 872. The monoisotopic (exact) mass is 351 g/mol. The molecule has 0 saturated heterocycles. The Morgan fingerprint density at radius 3 is 2.12 bits per heavy atom. The van der Waals surface area contributed by atoms with E-state index in [0.717, 1.165) is 11.1 Å². The zero-order chi connectivity index (χ0) is 18.4. The molecule has 7 heteroatoms. The van der Waals surface area contributed by atoms with Crippen LogP contribution in [0.15, 0.2) is 61.2 Å². The van der Waals surface area contributed by atoms with E-state index in [1.165, 1.54) is 13.4 Å². The third-order valence-corrected chi connectivity index (χ3v) is 3.75. The number of hydrogen-bond donors (Lipinski definition) is 0. The molecule has 0 aliphatic rings. The topological polar surface area (TPSA) is 83.3 Å². The second-order valence-corrected chi connectivity index (χ2v) is 5.55. The summed E-state index contributed by atoms with van der Waals surface area (Å²) in [7, 11) is 1.33. The fraction of sp³-hybridized carbons (Fsp3) is 0.158. The lowest BCUT2D eigenvalue weighted by Gasteiger charge is -2.07. The van der Waals surface area contributed by atoms with Crippen molar-refractivity contribution in [1.82, 2.24) is 14.8 Å². The third-order valence-electron chi connectivity index (χ3n) is 3.75. The average Bonchev–Trinajstić information content (AvgIpc) is 3.19. The Morgan fingerprint density at radius 2 is 1.54 bits per heavy atom. The summed E-state index contributed by atoms with van der Waals surface area (Å²) in [5.41, 5.74) is 2.71. The van der Waals surface area contributed by atoms with E-state index < -0.39 is 11.9 Å². The highest BCUT2D eigenvalue weighted by molar-refractivity contribution is 5.90. The number of hydrogen-bond acceptors (Lipinski definition) is 6. The molecular weight excluding hydrogens is 334 g/mol. The fourth-order valence-electron chi connectivity index (χ4n) is 2.33. The van der Waals surface area contributed by atoms with Gasteiger partial charge in [-0.3, -0.25) is 0 Å². The van der Waals surface area contributed by atoms with Crippen LogP contribution in [0.4, 0.5) is 0 Å². The molecule has 0 amide bonds. The van der Waals surface area contributed by atoms with Crippen molar-refractivity contribution >= 4 is 11.9 Å². The van der Waals surface area contributed by atoms with Gasteiger partial charge in [0.25, 0.3) is 0 Å². The molecule has 3 aromatic rings. The lowest BCUT2D eigenvalue weighted by atomic mass is 10.1. The summed E-state index contributed by atoms with van der Waals surface area (Å²) >= 11 is 0. The van der Waals surface area contributed by atoms with Gasteiger partial charge in [-0.1, -0.05) is 24.3 Å². The molecule has 0 spiro atoms. The lowest BCUT2D eigenvalue weighted by molar-refractivity contribution is 0.0471. The van der Waals surface area contributed by atoms with Crippen molar-refractivity contribution in [3.05, 3.63) is 83.4 Å². The highest BCUT2D eigenvalue weighted by Crippen LogP contribution is 2.11. The van der Waals surface area contributed by atoms with E-state index in [1.807, 2.05) is 12.1 Å². The molecule has 0 aliphatic heterocycles. The molecule has 0 aliphatic carbocycles. The molecule has 1 heterocycles. The minimum Gasteiger partial charge on any atom is -0.465 e. The number of ether oxygens (including phenoxy) is 2. The van der Waals surface area contributed by atoms with Crippen molar-refractivity contribution in [2.24, 2.45) is 0 Å². The van der Waals surface area contributed by atoms with Crippen LogP contribution < -0.4 is 0 Å². The number of carbonyl (C=O) groups excluding carboxylic acids is 2. The van der Waals surface area contributed by atoms with Gasteiger partial charge in [0.05, 0.1) is 24.8 Å². The molecule has 0 bridgehead atoms. The van der Waals surface area contributed by atoms with Gasteiger partial charge in [0.1, 0.15) is 19.3 Å². The quantitative estimate of drug-likeness (QED) is 0.635. The summed E-state index contributed by atoms with van der Waals surface area (Å²) in [6.07, 6.45) is 3.11. The van der Waals surface area contributed by atoms with Crippen LogP contribution >= 0.6 is 0 Å². The molecule has 2 aromatic carbocycles. The Hall–Kier alpha value is -3.48. The third kappa shape index (κ3) is 4.32. The van der Waals surface area contributed by atoms with Crippen molar-refractivity contribution in [2.75, 3.05) is 7.11 Å². The lowest BCUT2D eigenvalue weighted by Crippen LogP contribution is -2.06. The molecule has 0 N–H and O–H groups in total. The maximum absolute atomic E-state index is 12.1. The van der Waals surface area contributed by atoms with Crippen LogP contribution in [-0.2, 0) is 22.6 Å². The Balaban J connectivity index is 1.55. The van der Waals surface area contributed by atoms with Crippen LogP contribution in [0.5, 0.6) is 0 Å². The van der Waals surface area contributed by atoms with E-state index in [2.05, 4.69) is 14.8 Å². The zero-order valence-electron chi connectivity index (χ0n) is 14.2. The van der Waals surface area contributed by atoms with Gasteiger partial charge in [0.2, 0.25) is 0 Å². The normalized spacial score (nSPS) is 10.3. The van der Waals surface area contributed by atoms with E-state index in [0.29, 0.717) is 17.7 Å². The second kappa shape index (κ2) is 8.06. The van der Waals surface area contributed by atoms with Gasteiger partial charge in [-0.05, 0) is 35.4 Å². The smallest absolute Gasteiger partial charge is 0.338 e. The van der Waals surface area contributed by atoms with E-state index in [-0.39, 0.29) is 6.61 Å². The summed E-state index contributed by atoms with van der Waals surface area (Å²) in [4.78, 5) is 27.4. The minimum absolute atomic E-state index is 0.126. The molecule has 7 nitrogen and oxygen atoms in total. The highest BCUT2D eigenvalue weighted by Gasteiger charge is 2.09. The SMILES string of the molecule is COC(=O)c1ccc(COC(=O)c2ccc(Cn3cncn3)cc2)cc1. The molecule has 0 unspecified atom stereocenters. The van der Waals surface area contributed by atoms with Gasteiger partial charge in [-0.25, -0.2) is 19.3 Å². The van der Waals surface area contributed by atoms with Crippen molar-refractivity contribution in [3.63, 3.8) is 0 Å². The van der Waals surface area contributed by atoms with Crippen molar-refractivity contribution in [2.45, 2.75) is 13.2 Å². The number of benzene rings is 2. The molecular formula is C19H17N3O4. The van der Waals surface area contributed by atoms with Gasteiger partial charge >= 0.3 is 11.9 Å². The molecule has 26 heavy (non-hydrogen) atoms. The van der Waals surface area contributed by atoms with Crippen molar-refractivity contribution in [3.8, 4) is 0 Å². The van der Waals surface area contributed by atoms with Crippen LogP contribution in [0.25, 0.3) is 0 Å². The average molecular weight is 351 g/mol. The van der Waals surface area contributed by atoms with Crippen LogP contribution in [0.2, 0.25) is 0 Å². The number of esters is 2. The maximum atomic E-state index is 12.1. The van der Waals surface area contributed by atoms with Crippen LogP contribution in [-0.4, -0.2) is 33.8 Å². The first kappa shape index (κ1) is 17.3. The molecule has 0 atom stereocenters. The Kier molecular flexibility index (Phi) is 5.38. The largest absolute Gasteiger partial charge is 0.465 e. The second-order valence-electron chi connectivity index (χ2n) is 5.55. The minimum atomic E-state index is -0.408. The first-order valence-corrected chi connectivity index (χ1v) is 7.91. The van der Waals surface area contributed by atoms with Crippen LogP contribution in [0, 0.1) is 0 Å². The maximum Gasteiger partial charge on any atom is 0.338 e. The zero-order valence-corrected chi connectivity index (χ0v) is 14.2. The summed E-state index contributed by atoms with van der Waals surface area (Å²) < 4.78 is 11.6. The highest BCUT2D eigenvalue weighted by atomic mass is 16.5. The Morgan fingerprint density at radius 1 is 0.923 bits per heavy atom. The van der Waals surface area contributed by atoms with E-state index in [1.54, 1.807) is 47.4 Å². The summed E-state index contributed by atoms with van der Waals surface area (Å²) in [5.74, 6) is -0.811. The molecule has 132 valence electrons. The van der Waals surface area contributed by atoms with E-state index >= 15 is 0 Å². The summed E-state index contributed by atoms with van der Waals surface area (Å²) in [6, 6.07) is 13.8. The first-order chi connectivity index (χ1) is 12.7. The molecule has 0 fully saturated rings. The predicted molar refractivity (Wildman–Crippen MR) is 92.5 cm³/mol. The summed E-state index contributed by atoms with van der Waals surface area (Å²) in [6.45, 7) is 0.711. The molecule has 1 aromatic heterocycles. The van der Waals surface area contributed by atoms with Crippen molar-refractivity contribution < 1.29 is 19.1 Å². The molecule has 0 saturated carbocycles. The molecule has 0 radical (unpaired) electrons. The number of aromatic nitrogens is 3. The number of methoxy groups -OCH3 is 1. The number of carbonyl (C=O) groups is 2. The van der Waals surface area contributed by atoms with Gasteiger partial charge in [0.15, 0.2) is 0 Å². The van der Waals surface area contributed by atoms with Gasteiger partial charge < -0.3 is 9.47 Å². The van der Waals surface area contributed by atoms with E-state index in [4.69, 9.17) is 4.74 Å². The molecule has 3 rings (SSSR count). The van der Waals surface area contributed by atoms with Gasteiger partial charge in [-0.15, -0.1) is 0 Å². The predicted octanol–water partition coefficient (Wildman–Crippen LogP) is 2.47. The first-order valence-electron chi connectivity index (χ1n) is 7.91. The standard InChI is InChI=1S/C19H17N3O4/c1-25-18(23)16-8-4-15(5-9-16)11-26-19(24)17-6-2-14(3-7-17)10-22-13-20-12-21-22/h2-9,12-13H,10-11H2,1H3. The number of nitrogens with zero attached hydrogens (tertiary/aromatic N) is 3. The van der Waals surface area contributed by atoms with Crippen LogP contribution in [0.3, 0.4) is 0 Å².